The molecule has 0 radical (unpaired) electrons. The normalized spacial score (nSPS) is 12.7. The number of carbonyl (C=O) groups excluding carboxylic acids is 1. The van der Waals surface area contributed by atoms with Crippen molar-refractivity contribution in [3.63, 3.8) is 0 Å². The van der Waals surface area contributed by atoms with Gasteiger partial charge in [0.15, 0.2) is 17.1 Å². The van der Waals surface area contributed by atoms with E-state index in [1.54, 1.807) is 12.1 Å². The van der Waals surface area contributed by atoms with E-state index in [9.17, 15) is 9.59 Å². The molecule has 31 heavy (non-hydrogen) atoms. The third-order valence-electron chi connectivity index (χ3n) is 4.81. The third-order valence-corrected chi connectivity index (χ3v) is 5.55. The summed E-state index contributed by atoms with van der Waals surface area (Å²) >= 11 is 3.46. The molecule has 8 nitrogen and oxygen atoms in total. The Morgan fingerprint density at radius 1 is 1.10 bits per heavy atom. The Labute approximate surface area is 184 Å². The molecule has 3 heterocycles. The van der Waals surface area contributed by atoms with Crippen LogP contribution >= 0.6 is 15.9 Å². The zero-order valence-corrected chi connectivity index (χ0v) is 17.7. The van der Waals surface area contributed by atoms with E-state index in [4.69, 9.17) is 14.2 Å². The number of rotatable bonds is 4. The fraction of sp³-hybridized carbons (Fsp3) is 0.136. The van der Waals surface area contributed by atoms with Gasteiger partial charge < -0.3 is 14.2 Å². The van der Waals surface area contributed by atoms with Crippen molar-refractivity contribution in [1.29, 1.82) is 0 Å². The van der Waals surface area contributed by atoms with Crippen LogP contribution in [0.4, 0.5) is 0 Å². The van der Waals surface area contributed by atoms with Crippen molar-refractivity contribution in [2.45, 2.75) is 6.61 Å². The molecule has 9 heteroatoms. The highest BCUT2D eigenvalue weighted by molar-refractivity contribution is 9.10. The maximum absolute atomic E-state index is 12.6. The first kappa shape index (κ1) is 19.4. The average Bonchev–Trinajstić information content (AvgIpc) is 3.23. The molecule has 5 rings (SSSR count). The quantitative estimate of drug-likeness (QED) is 0.447. The molecule has 0 spiro atoms. The predicted molar refractivity (Wildman–Crippen MR) is 116 cm³/mol. The molecule has 4 aromatic rings. The second-order valence-corrected chi connectivity index (χ2v) is 7.73. The summed E-state index contributed by atoms with van der Waals surface area (Å²) in [4.78, 5) is 29.5. The molecular formula is C22H16BrN3O5. The lowest BCUT2D eigenvalue weighted by molar-refractivity contribution is 0.0463. The first-order valence-electron chi connectivity index (χ1n) is 9.52. The summed E-state index contributed by atoms with van der Waals surface area (Å²) in [6.07, 6.45) is 0. The van der Waals surface area contributed by atoms with E-state index in [1.165, 1.54) is 16.6 Å². The van der Waals surface area contributed by atoms with Crippen molar-refractivity contribution < 1.29 is 19.0 Å². The molecule has 1 N–H and O–H groups in total. The highest BCUT2D eigenvalue weighted by Gasteiger charge is 2.18. The van der Waals surface area contributed by atoms with E-state index < -0.39 is 5.97 Å². The number of fused-ring (bicyclic) bond motifs is 2. The highest BCUT2D eigenvalue weighted by Crippen LogP contribution is 2.35. The van der Waals surface area contributed by atoms with Crippen molar-refractivity contribution >= 4 is 27.5 Å². The van der Waals surface area contributed by atoms with Gasteiger partial charge in [0.2, 0.25) is 0 Å². The number of nitrogens with one attached hydrogen (secondary N) is 1. The van der Waals surface area contributed by atoms with Crippen LogP contribution in [0.1, 0.15) is 16.1 Å². The molecule has 0 unspecified atom stereocenters. The van der Waals surface area contributed by atoms with Crippen LogP contribution < -0.4 is 15.0 Å². The molecule has 0 saturated heterocycles. The highest BCUT2D eigenvalue weighted by atomic mass is 79.9. The lowest BCUT2D eigenvalue weighted by Gasteiger charge is -2.19. The number of halogens is 1. The number of hydrogen-bond donors (Lipinski definition) is 1. The van der Waals surface area contributed by atoms with Gasteiger partial charge in [-0.1, -0.05) is 46.3 Å². The van der Waals surface area contributed by atoms with Crippen LogP contribution in [0.3, 0.4) is 0 Å². The fourth-order valence-electron chi connectivity index (χ4n) is 3.29. The molecule has 0 aliphatic carbocycles. The van der Waals surface area contributed by atoms with E-state index in [0.717, 1.165) is 15.6 Å². The average molecular weight is 482 g/mol. The number of esters is 1. The number of carbonyl (C=O) groups is 1. The molecule has 0 bridgehead atoms. The summed E-state index contributed by atoms with van der Waals surface area (Å²) in [7, 11) is 0. The Morgan fingerprint density at radius 3 is 2.61 bits per heavy atom. The minimum Gasteiger partial charge on any atom is -0.486 e. The Bertz CT molecular complexity index is 1350. The maximum Gasteiger partial charge on any atom is 0.356 e. The first-order valence-corrected chi connectivity index (χ1v) is 10.3. The number of hydrogen-bond acceptors (Lipinski definition) is 6. The van der Waals surface area contributed by atoms with Crippen molar-refractivity contribution in [3.05, 3.63) is 80.7 Å². The van der Waals surface area contributed by atoms with Gasteiger partial charge in [0.25, 0.3) is 5.56 Å². The van der Waals surface area contributed by atoms with Crippen molar-refractivity contribution in [2.24, 2.45) is 0 Å². The van der Waals surface area contributed by atoms with E-state index in [-0.39, 0.29) is 17.9 Å². The smallest absolute Gasteiger partial charge is 0.356 e. The van der Waals surface area contributed by atoms with Gasteiger partial charge in [-0.05, 0) is 12.1 Å². The Hall–Kier alpha value is -3.59. The van der Waals surface area contributed by atoms with Crippen molar-refractivity contribution in [1.82, 2.24) is 14.6 Å². The number of aromatic nitrogens is 3. The molecule has 156 valence electrons. The molecule has 0 saturated carbocycles. The van der Waals surface area contributed by atoms with E-state index >= 15 is 0 Å². The zero-order valence-electron chi connectivity index (χ0n) is 16.1. The van der Waals surface area contributed by atoms with Gasteiger partial charge >= 0.3 is 5.97 Å². The first-order chi connectivity index (χ1) is 15.1. The molecule has 2 aromatic carbocycles. The van der Waals surface area contributed by atoms with Gasteiger partial charge in [-0.15, -0.1) is 0 Å². The minimum absolute atomic E-state index is 0.0169. The fourth-order valence-corrected chi connectivity index (χ4v) is 3.73. The van der Waals surface area contributed by atoms with E-state index in [0.29, 0.717) is 36.1 Å². The van der Waals surface area contributed by atoms with E-state index in [1.807, 2.05) is 30.3 Å². The molecule has 2 aromatic heterocycles. The van der Waals surface area contributed by atoms with Crippen LogP contribution in [0, 0.1) is 0 Å². The van der Waals surface area contributed by atoms with Crippen LogP contribution in [0.2, 0.25) is 0 Å². The van der Waals surface area contributed by atoms with Gasteiger partial charge in [-0.2, -0.15) is 0 Å². The number of nitrogens with zero attached hydrogens (tertiary/aromatic N) is 2. The standard InChI is InChI=1S/C22H16BrN3O5/c23-15-9-19-18(29-6-7-30-19)8-14(15)12-31-22(28)17-10-20-24-16(11-21(27)26(20)25-17)13-4-2-1-3-5-13/h1-5,8-11,25H,6-7,12H2. The number of aromatic amines is 1. The Kier molecular flexibility index (Phi) is 4.95. The van der Waals surface area contributed by atoms with Gasteiger partial charge in [0.1, 0.15) is 25.5 Å². The van der Waals surface area contributed by atoms with Crippen molar-refractivity contribution in [3.8, 4) is 22.8 Å². The van der Waals surface area contributed by atoms with Gasteiger partial charge in [0, 0.05) is 27.7 Å². The van der Waals surface area contributed by atoms with Crippen LogP contribution in [0.25, 0.3) is 16.9 Å². The summed E-state index contributed by atoms with van der Waals surface area (Å²) in [6.45, 7) is 0.978. The van der Waals surface area contributed by atoms with Gasteiger partial charge in [-0.3, -0.25) is 9.89 Å². The van der Waals surface area contributed by atoms with Gasteiger partial charge in [-0.25, -0.2) is 14.3 Å². The number of ether oxygens (including phenoxy) is 3. The molecular weight excluding hydrogens is 466 g/mol. The van der Waals surface area contributed by atoms with Crippen molar-refractivity contribution in [2.75, 3.05) is 13.2 Å². The predicted octanol–water partition coefficient (Wildman–Crippen LogP) is 3.58. The van der Waals surface area contributed by atoms with Gasteiger partial charge in [0.05, 0.1) is 5.69 Å². The monoisotopic (exact) mass is 481 g/mol. The minimum atomic E-state index is -0.604. The number of benzene rings is 2. The molecule has 0 fully saturated rings. The second-order valence-electron chi connectivity index (χ2n) is 6.87. The lowest BCUT2D eigenvalue weighted by atomic mass is 10.1. The van der Waals surface area contributed by atoms with Crippen LogP contribution in [-0.2, 0) is 11.3 Å². The maximum atomic E-state index is 12.6. The zero-order chi connectivity index (χ0) is 21.4. The SMILES string of the molecule is O=C(OCc1cc2c(cc1Br)OCCO2)c1cc2nc(-c3ccccc3)cc(=O)n2[nH]1. The summed E-state index contributed by atoms with van der Waals surface area (Å²) in [5, 5.41) is 2.75. The lowest BCUT2D eigenvalue weighted by Crippen LogP contribution is -2.16. The van der Waals surface area contributed by atoms with E-state index in [2.05, 4.69) is 26.0 Å². The second kappa shape index (κ2) is 7.92. The Balaban J connectivity index is 1.38. The summed E-state index contributed by atoms with van der Waals surface area (Å²) in [5.41, 5.74) is 2.22. The topological polar surface area (TPSA) is 94.9 Å². The van der Waals surface area contributed by atoms with Crippen LogP contribution in [-0.4, -0.2) is 33.8 Å². The van der Waals surface area contributed by atoms with Crippen LogP contribution in [0.15, 0.2) is 63.9 Å². The Morgan fingerprint density at radius 2 is 1.84 bits per heavy atom. The summed E-state index contributed by atoms with van der Waals surface area (Å²) < 4.78 is 18.5. The summed E-state index contributed by atoms with van der Waals surface area (Å²) in [5.74, 6) is 0.645. The third kappa shape index (κ3) is 3.79. The largest absolute Gasteiger partial charge is 0.486 e. The number of H-pyrrole nitrogens is 1. The molecule has 1 aliphatic rings. The molecule has 1 aliphatic heterocycles. The summed E-state index contributed by atoms with van der Waals surface area (Å²) in [6, 6.07) is 15.8. The molecule has 0 amide bonds. The van der Waals surface area contributed by atoms with Crippen LogP contribution in [0.5, 0.6) is 11.5 Å². The molecule has 0 atom stereocenters.